The Morgan fingerprint density at radius 2 is 2.33 bits per heavy atom. The number of hydrogen-bond acceptors (Lipinski definition) is 2. The molecule has 0 saturated heterocycles. The van der Waals surface area contributed by atoms with Crippen LogP contribution in [0.4, 0.5) is 4.79 Å². The normalized spacial score (nSPS) is 10.0. The van der Waals surface area contributed by atoms with E-state index < -0.39 is 6.09 Å². The monoisotopic (exact) mass is 272 g/mol. The lowest BCUT2D eigenvalue weighted by Crippen LogP contribution is -2.31. The second-order valence-electron chi connectivity index (χ2n) is 3.06. The Hall–Kier alpha value is -1.10. The highest BCUT2D eigenvalue weighted by atomic mass is 79.9. The zero-order valence-electron chi connectivity index (χ0n) is 8.48. The average Bonchev–Trinajstić information content (AvgIpc) is 2.18. The molecule has 0 fully saturated rings. The van der Waals surface area contributed by atoms with E-state index in [1.807, 2.05) is 25.1 Å². The smallest absolute Gasteiger partial charge is 0.407 e. The fourth-order valence-electron chi connectivity index (χ4n) is 1.23. The summed E-state index contributed by atoms with van der Waals surface area (Å²) in [6.45, 7) is 2.81. The van der Waals surface area contributed by atoms with E-state index in [1.165, 1.54) is 4.90 Å². The first kappa shape index (κ1) is 12.0. The Labute approximate surface area is 97.1 Å². The third-order valence-corrected chi connectivity index (χ3v) is 2.50. The van der Waals surface area contributed by atoms with Crippen molar-refractivity contribution < 1.29 is 9.90 Å². The summed E-state index contributed by atoms with van der Waals surface area (Å²) in [6.07, 6.45) is -0.243. The molecule has 1 heterocycles. The van der Waals surface area contributed by atoms with Crippen LogP contribution in [0.25, 0.3) is 0 Å². The molecular formula is C10H13BrN2O2. The van der Waals surface area contributed by atoms with E-state index >= 15 is 0 Å². The van der Waals surface area contributed by atoms with Gasteiger partial charge in [0.1, 0.15) is 4.60 Å². The number of aromatic nitrogens is 1. The molecule has 0 aliphatic carbocycles. The Morgan fingerprint density at radius 1 is 1.60 bits per heavy atom. The molecule has 0 saturated carbocycles. The molecule has 0 aliphatic heterocycles. The lowest BCUT2D eigenvalue weighted by molar-refractivity contribution is 0.148. The number of nitrogens with zero attached hydrogens (tertiary/aromatic N) is 2. The van der Waals surface area contributed by atoms with Crippen LogP contribution in [0.3, 0.4) is 0 Å². The van der Waals surface area contributed by atoms with Crippen molar-refractivity contribution in [1.82, 2.24) is 9.88 Å². The van der Waals surface area contributed by atoms with Gasteiger partial charge >= 0.3 is 6.09 Å². The number of rotatable bonds is 4. The van der Waals surface area contributed by atoms with Crippen LogP contribution < -0.4 is 0 Å². The lowest BCUT2D eigenvalue weighted by atomic mass is 10.2. The number of halogens is 1. The molecule has 0 atom stereocenters. The van der Waals surface area contributed by atoms with Gasteiger partial charge in [0.15, 0.2) is 0 Å². The van der Waals surface area contributed by atoms with Crippen molar-refractivity contribution in [3.63, 3.8) is 0 Å². The zero-order valence-corrected chi connectivity index (χ0v) is 10.1. The third-order valence-electron chi connectivity index (χ3n) is 2.06. The summed E-state index contributed by atoms with van der Waals surface area (Å²) in [5, 5.41) is 8.80. The van der Waals surface area contributed by atoms with Crippen LogP contribution in [-0.2, 0) is 6.42 Å². The van der Waals surface area contributed by atoms with Crippen molar-refractivity contribution in [2.45, 2.75) is 13.3 Å². The molecule has 0 unspecified atom stereocenters. The first-order valence-electron chi connectivity index (χ1n) is 4.72. The van der Waals surface area contributed by atoms with E-state index in [9.17, 15) is 4.79 Å². The summed E-state index contributed by atoms with van der Waals surface area (Å²) < 4.78 is 0.776. The molecule has 1 rings (SSSR count). The Kier molecular flexibility index (Phi) is 4.55. The van der Waals surface area contributed by atoms with E-state index in [0.717, 1.165) is 10.3 Å². The molecule has 1 N–H and O–H groups in total. The molecular weight excluding hydrogens is 260 g/mol. The van der Waals surface area contributed by atoms with E-state index in [4.69, 9.17) is 5.11 Å². The molecule has 82 valence electrons. The topological polar surface area (TPSA) is 53.4 Å². The molecule has 1 amide bonds. The molecule has 0 aromatic carbocycles. The maximum absolute atomic E-state index is 10.7. The van der Waals surface area contributed by atoms with Gasteiger partial charge in [-0.2, -0.15) is 0 Å². The SMILES string of the molecule is CCN(CCc1cccc(Br)n1)C(=O)O. The van der Waals surface area contributed by atoms with Crippen LogP contribution >= 0.6 is 15.9 Å². The molecule has 15 heavy (non-hydrogen) atoms. The summed E-state index contributed by atoms with van der Waals surface area (Å²) in [7, 11) is 0. The quantitative estimate of drug-likeness (QED) is 0.857. The van der Waals surface area contributed by atoms with Crippen molar-refractivity contribution in [2.24, 2.45) is 0 Å². The van der Waals surface area contributed by atoms with Crippen LogP contribution in [0.1, 0.15) is 12.6 Å². The van der Waals surface area contributed by atoms with E-state index in [1.54, 1.807) is 0 Å². The Bertz CT molecular complexity index is 344. The zero-order chi connectivity index (χ0) is 11.3. The second kappa shape index (κ2) is 5.70. The molecule has 0 bridgehead atoms. The highest BCUT2D eigenvalue weighted by molar-refractivity contribution is 9.10. The van der Waals surface area contributed by atoms with Gasteiger partial charge in [-0.15, -0.1) is 0 Å². The summed E-state index contributed by atoms with van der Waals surface area (Å²) >= 11 is 3.27. The molecule has 0 spiro atoms. The van der Waals surface area contributed by atoms with Crippen LogP contribution in [0.2, 0.25) is 0 Å². The maximum atomic E-state index is 10.7. The Morgan fingerprint density at radius 3 is 2.87 bits per heavy atom. The first-order chi connectivity index (χ1) is 7.13. The number of likely N-dealkylation sites (N-methyl/N-ethyl adjacent to an activating group) is 1. The van der Waals surface area contributed by atoms with Gasteiger partial charge in [-0.1, -0.05) is 6.07 Å². The van der Waals surface area contributed by atoms with Crippen molar-refractivity contribution >= 4 is 22.0 Å². The van der Waals surface area contributed by atoms with Crippen LogP contribution in [0.5, 0.6) is 0 Å². The summed E-state index contributed by atoms with van der Waals surface area (Å²) in [5.41, 5.74) is 0.893. The van der Waals surface area contributed by atoms with Gasteiger partial charge in [-0.3, -0.25) is 0 Å². The van der Waals surface area contributed by atoms with Crippen molar-refractivity contribution in [3.8, 4) is 0 Å². The van der Waals surface area contributed by atoms with Crippen LogP contribution in [0, 0.1) is 0 Å². The second-order valence-corrected chi connectivity index (χ2v) is 3.88. The standard InChI is InChI=1S/C10H13BrN2O2/c1-2-13(10(14)15)7-6-8-4-3-5-9(11)12-8/h3-5H,2,6-7H2,1H3,(H,14,15). The van der Waals surface area contributed by atoms with Gasteiger partial charge < -0.3 is 10.0 Å². The highest BCUT2D eigenvalue weighted by Gasteiger charge is 2.08. The van der Waals surface area contributed by atoms with Crippen molar-refractivity contribution in [3.05, 3.63) is 28.5 Å². The largest absolute Gasteiger partial charge is 0.465 e. The highest BCUT2D eigenvalue weighted by Crippen LogP contribution is 2.07. The predicted molar refractivity (Wildman–Crippen MR) is 60.9 cm³/mol. The van der Waals surface area contributed by atoms with E-state index in [0.29, 0.717) is 19.5 Å². The van der Waals surface area contributed by atoms with Crippen molar-refractivity contribution in [2.75, 3.05) is 13.1 Å². The molecule has 5 heteroatoms. The maximum Gasteiger partial charge on any atom is 0.407 e. The minimum absolute atomic E-state index is 0.481. The number of carbonyl (C=O) groups is 1. The predicted octanol–water partition coefficient (Wildman–Crippen LogP) is 2.39. The lowest BCUT2D eigenvalue weighted by Gasteiger charge is -2.16. The van der Waals surface area contributed by atoms with Crippen molar-refractivity contribution in [1.29, 1.82) is 0 Å². The number of amides is 1. The molecule has 4 nitrogen and oxygen atoms in total. The van der Waals surface area contributed by atoms with E-state index in [2.05, 4.69) is 20.9 Å². The van der Waals surface area contributed by atoms with Gasteiger partial charge in [0.05, 0.1) is 0 Å². The van der Waals surface area contributed by atoms with Crippen LogP contribution in [0.15, 0.2) is 22.8 Å². The third kappa shape index (κ3) is 3.87. The van der Waals surface area contributed by atoms with Crippen LogP contribution in [-0.4, -0.2) is 34.2 Å². The summed E-state index contributed by atoms with van der Waals surface area (Å²) in [5.74, 6) is 0. The Balaban J connectivity index is 2.52. The average molecular weight is 273 g/mol. The summed E-state index contributed by atoms with van der Waals surface area (Å²) in [4.78, 5) is 16.3. The molecule has 0 radical (unpaired) electrons. The van der Waals surface area contributed by atoms with Gasteiger partial charge in [-0.05, 0) is 35.0 Å². The number of hydrogen-bond donors (Lipinski definition) is 1. The van der Waals surface area contributed by atoms with Gasteiger partial charge in [-0.25, -0.2) is 9.78 Å². The van der Waals surface area contributed by atoms with E-state index in [-0.39, 0.29) is 0 Å². The number of carboxylic acid groups (broad SMARTS) is 1. The molecule has 1 aromatic rings. The van der Waals surface area contributed by atoms with Gasteiger partial charge in [0.2, 0.25) is 0 Å². The number of pyridine rings is 1. The minimum atomic E-state index is -0.882. The van der Waals surface area contributed by atoms with Gasteiger partial charge in [0, 0.05) is 25.2 Å². The fraction of sp³-hybridized carbons (Fsp3) is 0.400. The molecule has 1 aromatic heterocycles. The fourth-order valence-corrected chi connectivity index (χ4v) is 1.61. The minimum Gasteiger partial charge on any atom is -0.465 e. The molecule has 0 aliphatic rings. The van der Waals surface area contributed by atoms with Gasteiger partial charge in [0.25, 0.3) is 0 Å². The first-order valence-corrected chi connectivity index (χ1v) is 5.52. The summed E-state index contributed by atoms with van der Waals surface area (Å²) in [6, 6.07) is 5.63.